The van der Waals surface area contributed by atoms with Gasteiger partial charge in [0.25, 0.3) is 5.91 Å². The smallest absolute Gasteiger partial charge is 0.334 e. The van der Waals surface area contributed by atoms with Gasteiger partial charge in [0.05, 0.1) is 12.1 Å². The van der Waals surface area contributed by atoms with Crippen LogP contribution in [-0.4, -0.2) is 49.7 Å². The minimum Gasteiger partial charge on any atom is -0.479 e. The number of hydrogen-bond acceptors (Lipinski definition) is 5. The number of nitrogens with one attached hydrogen (secondary N) is 1. The number of hydrogen-bond donors (Lipinski definition) is 3. The van der Waals surface area contributed by atoms with Gasteiger partial charge in [0.2, 0.25) is 0 Å². The van der Waals surface area contributed by atoms with E-state index in [2.05, 4.69) is 15.6 Å². The summed E-state index contributed by atoms with van der Waals surface area (Å²) in [5, 5.41) is 27.8. The van der Waals surface area contributed by atoms with Gasteiger partial charge < -0.3 is 15.5 Å². The molecule has 1 aromatic carbocycles. The average molecular weight is 278 g/mol. The molecule has 8 nitrogen and oxygen atoms in total. The summed E-state index contributed by atoms with van der Waals surface area (Å²) in [5.74, 6) is -1.86. The number of carbonyl (C=O) groups is 2. The van der Waals surface area contributed by atoms with Crippen LogP contribution in [0.25, 0.3) is 11.0 Å². The molecule has 106 valence electrons. The topological polar surface area (TPSA) is 117 Å². The van der Waals surface area contributed by atoms with E-state index < -0.39 is 18.0 Å². The molecule has 1 amide bonds. The molecule has 0 spiro atoms. The van der Waals surface area contributed by atoms with Crippen LogP contribution in [0, 0.1) is 0 Å². The number of carboxylic acids is 1. The van der Waals surface area contributed by atoms with Gasteiger partial charge in [0.1, 0.15) is 5.52 Å². The summed E-state index contributed by atoms with van der Waals surface area (Å²) in [6.45, 7) is 2.25. The second-order valence-electron chi connectivity index (χ2n) is 4.17. The molecule has 0 unspecified atom stereocenters. The van der Waals surface area contributed by atoms with Crippen LogP contribution in [0.3, 0.4) is 0 Å². The zero-order chi connectivity index (χ0) is 14.7. The standard InChI is InChI=1S/C12H14N4O4/c1-2-16-9-4-3-7(5-8(9)14-15-16)11(18)13-6-10(17)12(19)20/h3-5,10,17H,2,6H2,1H3,(H,13,18)(H,19,20)/t10-/m0/s1. The molecule has 2 rings (SSSR count). The first kappa shape index (κ1) is 13.9. The summed E-state index contributed by atoms with van der Waals surface area (Å²) >= 11 is 0. The number of carboxylic acid groups (broad SMARTS) is 1. The number of aryl methyl sites for hydroxylation is 1. The molecule has 0 aliphatic carbocycles. The van der Waals surface area contributed by atoms with Gasteiger partial charge in [-0.2, -0.15) is 0 Å². The van der Waals surface area contributed by atoms with E-state index in [1.807, 2.05) is 6.92 Å². The van der Waals surface area contributed by atoms with Crippen LogP contribution in [0.15, 0.2) is 18.2 Å². The third-order valence-corrected chi connectivity index (χ3v) is 2.82. The summed E-state index contributed by atoms with van der Waals surface area (Å²) in [5.41, 5.74) is 1.73. The van der Waals surface area contributed by atoms with Gasteiger partial charge in [-0.05, 0) is 25.1 Å². The zero-order valence-electron chi connectivity index (χ0n) is 10.8. The maximum atomic E-state index is 11.8. The molecule has 0 bridgehead atoms. The lowest BCUT2D eigenvalue weighted by molar-refractivity contribution is -0.146. The lowest BCUT2D eigenvalue weighted by Gasteiger charge is -2.07. The highest BCUT2D eigenvalue weighted by atomic mass is 16.4. The van der Waals surface area contributed by atoms with Crippen molar-refractivity contribution in [3.05, 3.63) is 23.8 Å². The molecule has 3 N–H and O–H groups in total. The Morgan fingerprint density at radius 3 is 2.85 bits per heavy atom. The maximum Gasteiger partial charge on any atom is 0.334 e. The number of aliphatic carboxylic acids is 1. The Morgan fingerprint density at radius 2 is 2.20 bits per heavy atom. The van der Waals surface area contributed by atoms with Crippen molar-refractivity contribution < 1.29 is 19.8 Å². The van der Waals surface area contributed by atoms with Gasteiger partial charge in [-0.3, -0.25) is 4.79 Å². The van der Waals surface area contributed by atoms with E-state index in [0.717, 1.165) is 5.52 Å². The van der Waals surface area contributed by atoms with Gasteiger partial charge in [0.15, 0.2) is 6.10 Å². The average Bonchev–Trinajstić information content (AvgIpc) is 2.86. The fraction of sp³-hybridized carbons (Fsp3) is 0.333. The SMILES string of the molecule is CCn1nnc2cc(C(=O)NC[C@H](O)C(=O)O)ccc21. The minimum atomic E-state index is -1.62. The molecule has 8 heteroatoms. The Labute approximate surface area is 114 Å². The lowest BCUT2D eigenvalue weighted by atomic mass is 10.2. The molecule has 1 aromatic heterocycles. The van der Waals surface area contributed by atoms with Gasteiger partial charge in [-0.15, -0.1) is 5.10 Å². The van der Waals surface area contributed by atoms with E-state index in [9.17, 15) is 9.59 Å². The van der Waals surface area contributed by atoms with Crippen LogP contribution in [0.5, 0.6) is 0 Å². The van der Waals surface area contributed by atoms with Crippen molar-refractivity contribution in [2.45, 2.75) is 19.6 Å². The number of aromatic nitrogens is 3. The van der Waals surface area contributed by atoms with E-state index in [1.165, 1.54) is 0 Å². The van der Waals surface area contributed by atoms with E-state index in [0.29, 0.717) is 17.6 Å². The lowest BCUT2D eigenvalue weighted by Crippen LogP contribution is -2.36. The van der Waals surface area contributed by atoms with Gasteiger partial charge in [-0.1, -0.05) is 5.21 Å². The first-order valence-corrected chi connectivity index (χ1v) is 6.05. The highest BCUT2D eigenvalue weighted by Crippen LogP contribution is 2.13. The van der Waals surface area contributed by atoms with Crippen molar-refractivity contribution in [1.29, 1.82) is 0 Å². The van der Waals surface area contributed by atoms with Crippen molar-refractivity contribution in [3.63, 3.8) is 0 Å². The number of aliphatic hydroxyl groups is 1. The van der Waals surface area contributed by atoms with Gasteiger partial charge in [-0.25, -0.2) is 9.48 Å². The summed E-state index contributed by atoms with van der Waals surface area (Å²) in [6.07, 6.45) is -1.62. The van der Waals surface area contributed by atoms with Crippen molar-refractivity contribution in [1.82, 2.24) is 20.3 Å². The van der Waals surface area contributed by atoms with Crippen LogP contribution in [0.1, 0.15) is 17.3 Å². The predicted molar refractivity (Wildman–Crippen MR) is 69.2 cm³/mol. The van der Waals surface area contributed by atoms with Crippen LogP contribution in [-0.2, 0) is 11.3 Å². The van der Waals surface area contributed by atoms with Gasteiger partial charge in [0, 0.05) is 12.1 Å². The summed E-state index contributed by atoms with van der Waals surface area (Å²) in [4.78, 5) is 22.3. The van der Waals surface area contributed by atoms with E-state index >= 15 is 0 Å². The Hall–Kier alpha value is -2.48. The zero-order valence-corrected chi connectivity index (χ0v) is 10.8. The molecule has 2 aromatic rings. The largest absolute Gasteiger partial charge is 0.479 e. The number of nitrogens with zero attached hydrogens (tertiary/aromatic N) is 3. The summed E-state index contributed by atoms with van der Waals surface area (Å²) in [6, 6.07) is 4.89. The highest BCUT2D eigenvalue weighted by molar-refractivity contribution is 5.97. The Balaban J connectivity index is 2.12. The molecule has 0 saturated carbocycles. The number of fused-ring (bicyclic) bond motifs is 1. The molecule has 1 heterocycles. The molecule has 0 aliphatic heterocycles. The molecular weight excluding hydrogens is 264 g/mol. The highest BCUT2D eigenvalue weighted by Gasteiger charge is 2.15. The predicted octanol–water partition coefficient (Wildman–Crippen LogP) is -0.374. The van der Waals surface area contributed by atoms with Crippen LogP contribution >= 0.6 is 0 Å². The minimum absolute atomic E-state index is 0.332. The fourth-order valence-electron chi connectivity index (χ4n) is 1.73. The number of amides is 1. The molecule has 0 aliphatic rings. The third kappa shape index (κ3) is 2.75. The molecule has 1 atom stereocenters. The molecule has 20 heavy (non-hydrogen) atoms. The first-order valence-electron chi connectivity index (χ1n) is 6.05. The van der Waals surface area contributed by atoms with Crippen LogP contribution in [0.2, 0.25) is 0 Å². The maximum absolute atomic E-state index is 11.8. The molecule has 0 radical (unpaired) electrons. The summed E-state index contributed by atoms with van der Waals surface area (Å²) < 4.78 is 1.70. The van der Waals surface area contributed by atoms with Crippen LogP contribution in [0.4, 0.5) is 0 Å². The number of benzene rings is 1. The van der Waals surface area contributed by atoms with E-state index in [1.54, 1.807) is 22.9 Å². The number of carbonyl (C=O) groups excluding carboxylic acids is 1. The molecular formula is C12H14N4O4. The Bertz CT molecular complexity index is 652. The van der Waals surface area contributed by atoms with Crippen molar-refractivity contribution in [2.75, 3.05) is 6.54 Å². The van der Waals surface area contributed by atoms with Crippen molar-refractivity contribution in [3.8, 4) is 0 Å². The van der Waals surface area contributed by atoms with Gasteiger partial charge >= 0.3 is 5.97 Å². The van der Waals surface area contributed by atoms with E-state index in [-0.39, 0.29) is 6.54 Å². The monoisotopic (exact) mass is 278 g/mol. The summed E-state index contributed by atoms with van der Waals surface area (Å²) in [7, 11) is 0. The Kier molecular flexibility index (Phi) is 3.94. The second-order valence-corrected chi connectivity index (χ2v) is 4.17. The van der Waals surface area contributed by atoms with Crippen molar-refractivity contribution >= 4 is 22.9 Å². The molecule has 0 fully saturated rings. The first-order chi connectivity index (χ1) is 9.52. The number of aliphatic hydroxyl groups excluding tert-OH is 1. The fourth-order valence-corrected chi connectivity index (χ4v) is 1.73. The normalized spacial score (nSPS) is 12.3. The number of rotatable bonds is 5. The van der Waals surface area contributed by atoms with E-state index in [4.69, 9.17) is 10.2 Å². The van der Waals surface area contributed by atoms with Crippen LogP contribution < -0.4 is 5.32 Å². The quantitative estimate of drug-likeness (QED) is 0.686. The van der Waals surface area contributed by atoms with Crippen molar-refractivity contribution in [2.24, 2.45) is 0 Å². The third-order valence-electron chi connectivity index (χ3n) is 2.82. The molecule has 0 saturated heterocycles. The second kappa shape index (κ2) is 5.66. The Morgan fingerprint density at radius 1 is 1.45 bits per heavy atom.